The molecule has 2 bridgehead atoms. The third-order valence-electron chi connectivity index (χ3n) is 10.5. The fraction of sp³-hybridized carbons (Fsp3) is 0.639. The zero-order valence-corrected chi connectivity index (χ0v) is 28.1. The second-order valence-corrected chi connectivity index (χ2v) is 15.1. The van der Waals surface area contributed by atoms with Crippen molar-refractivity contribution in [3.05, 3.63) is 58.1 Å². The second-order valence-electron chi connectivity index (χ2n) is 13.5. The van der Waals surface area contributed by atoms with Gasteiger partial charge < -0.3 is 19.1 Å². The quantitative estimate of drug-likeness (QED) is 0.340. The number of anilines is 1. The van der Waals surface area contributed by atoms with Crippen molar-refractivity contribution in [1.82, 2.24) is 4.72 Å². The summed E-state index contributed by atoms with van der Waals surface area (Å²) in [5.41, 5.74) is 4.33. The summed E-state index contributed by atoms with van der Waals surface area (Å²) in [5.74, 6) is 3.03. The van der Waals surface area contributed by atoms with Gasteiger partial charge in [-0.25, -0.2) is 0 Å². The topological polar surface area (TPSA) is 60.0 Å². The molecule has 0 spiro atoms. The lowest BCUT2D eigenvalue weighted by atomic mass is 9.65. The second kappa shape index (κ2) is 14.7. The monoisotopic (exact) mass is 640 g/mol. The van der Waals surface area contributed by atoms with Crippen LogP contribution < -0.4 is 14.4 Å². The minimum atomic E-state index is -0.0957. The van der Waals surface area contributed by atoms with Gasteiger partial charge in [-0.05, 0) is 110 Å². The number of ether oxygens (including phenoxy) is 3. The Labute approximate surface area is 273 Å². The molecule has 6 atom stereocenters. The lowest BCUT2D eigenvalue weighted by Crippen LogP contribution is -2.47. The lowest BCUT2D eigenvalue weighted by molar-refractivity contribution is -0.224. The number of nitrogens with one attached hydrogen (secondary N) is 1. The molecule has 1 amide bonds. The molecule has 2 aromatic rings. The summed E-state index contributed by atoms with van der Waals surface area (Å²) in [4.78, 5) is 15.9. The summed E-state index contributed by atoms with van der Waals surface area (Å²) in [6, 6.07) is 12.3. The molecule has 8 heteroatoms. The first-order chi connectivity index (χ1) is 21.4. The number of carbonyl (C=O) groups is 1. The summed E-state index contributed by atoms with van der Waals surface area (Å²) >= 11 is 8.01. The Morgan fingerprint density at radius 3 is 2.59 bits per heavy atom. The van der Waals surface area contributed by atoms with E-state index < -0.39 is 0 Å². The molecule has 0 aromatic heterocycles. The first-order valence-electron chi connectivity index (χ1n) is 16.9. The molecule has 3 heterocycles. The molecular formula is C36H49ClN2O4S. The molecule has 44 heavy (non-hydrogen) atoms. The molecule has 6 nitrogen and oxygen atoms in total. The SMILES string of the molecule is CCCc1cc(Cl)ccc1C1COc2ccc3cc2N(C1)CC1CCC1C(C1OCCCO1)CCCC(C)C(C)SNC3=O. The third-order valence-corrected chi connectivity index (χ3v) is 11.9. The Bertz CT molecular complexity index is 1290. The number of carbonyl (C=O) groups excluding carboxylic acids is 1. The van der Waals surface area contributed by atoms with Crippen LogP contribution in [-0.4, -0.2) is 50.4 Å². The van der Waals surface area contributed by atoms with Crippen LogP contribution in [0.3, 0.4) is 0 Å². The first-order valence-corrected chi connectivity index (χ1v) is 18.2. The van der Waals surface area contributed by atoms with Crippen LogP contribution in [0.1, 0.15) is 93.1 Å². The summed E-state index contributed by atoms with van der Waals surface area (Å²) in [5, 5.41) is 1.11. The van der Waals surface area contributed by atoms with Gasteiger partial charge in [-0.2, -0.15) is 0 Å². The van der Waals surface area contributed by atoms with Gasteiger partial charge >= 0.3 is 0 Å². The van der Waals surface area contributed by atoms with Crippen molar-refractivity contribution in [2.75, 3.05) is 37.8 Å². The number of fused-ring (bicyclic) bond motifs is 2. The molecule has 6 unspecified atom stereocenters. The van der Waals surface area contributed by atoms with Gasteiger partial charge in [-0.15, -0.1) is 0 Å². The van der Waals surface area contributed by atoms with Gasteiger partial charge in [0.1, 0.15) is 5.75 Å². The van der Waals surface area contributed by atoms with E-state index in [-0.39, 0.29) is 18.1 Å². The van der Waals surface area contributed by atoms with Crippen LogP contribution in [0.2, 0.25) is 5.02 Å². The Morgan fingerprint density at radius 2 is 1.82 bits per heavy atom. The van der Waals surface area contributed by atoms with Gasteiger partial charge in [0, 0.05) is 40.8 Å². The Hall–Kier alpha value is -1.93. The van der Waals surface area contributed by atoms with Gasteiger partial charge in [0.15, 0.2) is 6.29 Å². The average Bonchev–Trinajstić information content (AvgIpc) is 3.20. The number of halogens is 1. The molecule has 1 aliphatic carbocycles. The summed E-state index contributed by atoms with van der Waals surface area (Å²) in [6.07, 6.45) is 8.78. The van der Waals surface area contributed by atoms with E-state index >= 15 is 0 Å². The molecule has 1 saturated carbocycles. The van der Waals surface area contributed by atoms with E-state index in [1.807, 2.05) is 18.2 Å². The molecule has 2 fully saturated rings. The van der Waals surface area contributed by atoms with Gasteiger partial charge in [-0.3, -0.25) is 9.52 Å². The van der Waals surface area contributed by atoms with Gasteiger partial charge in [0.25, 0.3) is 5.91 Å². The maximum absolute atomic E-state index is 13.4. The molecule has 1 saturated heterocycles. The smallest absolute Gasteiger partial charge is 0.261 e. The molecule has 240 valence electrons. The third kappa shape index (κ3) is 7.22. The van der Waals surface area contributed by atoms with E-state index in [2.05, 4.69) is 48.6 Å². The number of amides is 1. The largest absolute Gasteiger partial charge is 0.491 e. The molecule has 4 aliphatic rings. The maximum Gasteiger partial charge on any atom is 0.261 e. The van der Waals surface area contributed by atoms with Crippen LogP contribution in [0, 0.1) is 23.7 Å². The predicted octanol–water partition coefficient (Wildman–Crippen LogP) is 8.27. The van der Waals surface area contributed by atoms with Crippen LogP contribution >= 0.6 is 23.5 Å². The zero-order valence-electron chi connectivity index (χ0n) is 26.6. The number of hydrogen-bond acceptors (Lipinski definition) is 6. The maximum atomic E-state index is 13.4. The van der Waals surface area contributed by atoms with Crippen LogP contribution in [0.15, 0.2) is 36.4 Å². The molecule has 2 aromatic carbocycles. The van der Waals surface area contributed by atoms with Crippen molar-refractivity contribution in [1.29, 1.82) is 0 Å². The van der Waals surface area contributed by atoms with Crippen LogP contribution in [0.5, 0.6) is 5.75 Å². The van der Waals surface area contributed by atoms with Crippen LogP contribution in [0.25, 0.3) is 0 Å². The van der Waals surface area contributed by atoms with Crippen molar-refractivity contribution in [3.8, 4) is 5.75 Å². The average molecular weight is 641 g/mol. The minimum Gasteiger partial charge on any atom is -0.491 e. The highest BCUT2D eigenvalue weighted by atomic mass is 35.5. The van der Waals surface area contributed by atoms with E-state index in [1.165, 1.54) is 24.0 Å². The number of rotatable bonds is 4. The highest BCUT2D eigenvalue weighted by Gasteiger charge is 2.43. The number of nitrogens with zero attached hydrogens (tertiary/aromatic N) is 1. The highest BCUT2D eigenvalue weighted by molar-refractivity contribution is 7.98. The fourth-order valence-corrected chi connectivity index (χ4v) is 8.63. The van der Waals surface area contributed by atoms with E-state index in [4.69, 9.17) is 25.8 Å². The molecule has 3 aliphatic heterocycles. The number of benzene rings is 2. The zero-order chi connectivity index (χ0) is 30.6. The van der Waals surface area contributed by atoms with E-state index in [9.17, 15) is 4.79 Å². The lowest BCUT2D eigenvalue weighted by Gasteiger charge is -2.47. The van der Waals surface area contributed by atoms with Gasteiger partial charge in [0.2, 0.25) is 0 Å². The van der Waals surface area contributed by atoms with Gasteiger partial charge in [0.05, 0.1) is 25.5 Å². The molecule has 6 rings (SSSR count). The van der Waals surface area contributed by atoms with Crippen molar-refractivity contribution in [2.45, 2.75) is 89.6 Å². The Kier molecular flexibility index (Phi) is 10.7. The molecular weight excluding hydrogens is 592 g/mol. The molecule has 0 radical (unpaired) electrons. The van der Waals surface area contributed by atoms with E-state index in [1.54, 1.807) is 11.9 Å². The van der Waals surface area contributed by atoms with Crippen molar-refractivity contribution >= 4 is 35.1 Å². The predicted molar refractivity (Wildman–Crippen MR) is 180 cm³/mol. The minimum absolute atomic E-state index is 0.0409. The van der Waals surface area contributed by atoms with E-state index in [0.717, 1.165) is 81.3 Å². The van der Waals surface area contributed by atoms with Crippen LogP contribution in [-0.2, 0) is 15.9 Å². The Balaban J connectivity index is 1.35. The van der Waals surface area contributed by atoms with Crippen molar-refractivity contribution in [3.63, 3.8) is 0 Å². The number of hydrogen-bond donors (Lipinski definition) is 1. The van der Waals surface area contributed by atoms with Gasteiger partial charge in [-0.1, -0.05) is 51.3 Å². The normalized spacial score (nSPS) is 30.4. The summed E-state index contributed by atoms with van der Waals surface area (Å²) in [7, 11) is 0. The van der Waals surface area contributed by atoms with Crippen LogP contribution in [0.4, 0.5) is 5.69 Å². The first kappa shape index (κ1) is 32.0. The van der Waals surface area contributed by atoms with Crippen molar-refractivity contribution in [2.24, 2.45) is 23.7 Å². The highest BCUT2D eigenvalue weighted by Crippen LogP contribution is 2.47. The Morgan fingerprint density at radius 1 is 0.977 bits per heavy atom. The summed E-state index contributed by atoms with van der Waals surface area (Å²) < 4.78 is 22.3. The summed E-state index contributed by atoms with van der Waals surface area (Å²) in [6.45, 7) is 10.7. The van der Waals surface area contributed by atoms with Crippen molar-refractivity contribution < 1.29 is 19.0 Å². The van der Waals surface area contributed by atoms with E-state index in [0.29, 0.717) is 41.1 Å². The fourth-order valence-electron chi connectivity index (χ4n) is 7.66. The number of aryl methyl sites for hydroxylation is 1. The molecule has 1 N–H and O–H groups in total. The standard InChI is InChI=1S/C36H49ClN2O4S/c1-4-7-25-18-29(37)12-14-30(25)28-21-39-20-27-10-13-31(27)32(36-41-16-6-17-42-36)9-5-8-23(2)24(3)44-38-35(40)26-11-15-34(43-22-28)33(39)19-26/h11-12,14-15,18-19,23-24,27-28,31-32,36H,4-10,13,16-17,20-22H2,1-3H3,(H,38,40).